The first-order valence-corrected chi connectivity index (χ1v) is 6.47. The van der Waals surface area contributed by atoms with E-state index < -0.39 is 11.7 Å². The number of benzene rings is 2. The van der Waals surface area contributed by atoms with Gasteiger partial charge in [0.1, 0.15) is 5.82 Å². The topological polar surface area (TPSA) is 17.8 Å². The monoisotopic (exact) mass is 290 g/mol. The molecule has 0 spiro atoms. The predicted octanol–water partition coefficient (Wildman–Crippen LogP) is 4.57. The summed E-state index contributed by atoms with van der Waals surface area (Å²) in [4.78, 5) is 4.35. The van der Waals surface area contributed by atoms with Crippen LogP contribution in [0.3, 0.4) is 0 Å². The van der Waals surface area contributed by atoms with Crippen LogP contribution in [0.5, 0.6) is 0 Å². The maximum atomic E-state index is 12.8. The van der Waals surface area contributed by atoms with Crippen molar-refractivity contribution < 1.29 is 13.2 Å². The van der Waals surface area contributed by atoms with Crippen LogP contribution >= 0.6 is 0 Å². The van der Waals surface area contributed by atoms with Crippen LogP contribution in [-0.4, -0.2) is 9.55 Å². The molecule has 0 saturated carbocycles. The second-order valence-electron chi connectivity index (χ2n) is 5.06. The number of nitrogens with zero attached hydrogens (tertiary/aromatic N) is 2. The van der Waals surface area contributed by atoms with E-state index in [0.717, 1.165) is 23.3 Å². The second-order valence-corrected chi connectivity index (χ2v) is 5.06. The molecule has 2 nitrogen and oxygen atoms in total. The molecule has 1 aromatic heterocycles. The van der Waals surface area contributed by atoms with Crippen LogP contribution in [0.15, 0.2) is 42.5 Å². The van der Waals surface area contributed by atoms with Crippen LogP contribution in [0.25, 0.3) is 22.4 Å². The molecule has 0 saturated heterocycles. The van der Waals surface area contributed by atoms with Crippen LogP contribution < -0.4 is 0 Å². The van der Waals surface area contributed by atoms with Crippen molar-refractivity contribution in [3.63, 3.8) is 0 Å². The number of aryl methyl sites for hydroxylation is 2. The molecule has 0 aliphatic heterocycles. The quantitative estimate of drug-likeness (QED) is 0.642. The van der Waals surface area contributed by atoms with Crippen LogP contribution in [0.1, 0.15) is 11.1 Å². The first-order chi connectivity index (χ1) is 9.86. The molecule has 0 radical (unpaired) electrons. The number of hydrogen-bond donors (Lipinski definition) is 0. The minimum atomic E-state index is -4.35. The molecule has 0 unspecified atom stereocenters. The fourth-order valence-corrected chi connectivity index (χ4v) is 2.34. The summed E-state index contributed by atoms with van der Waals surface area (Å²) in [6.07, 6.45) is -4.35. The molecule has 0 fully saturated rings. The standard InChI is InChI=1S/C16H13F3N2/c1-10-3-5-11(6-4-10)15-20-13-9-12(16(17,18)19)7-8-14(13)21(15)2/h3-9H,1-2H3. The Kier molecular flexibility index (Phi) is 3.01. The highest BCUT2D eigenvalue weighted by molar-refractivity contribution is 5.81. The van der Waals surface area contributed by atoms with Crippen molar-refractivity contribution >= 4 is 11.0 Å². The van der Waals surface area contributed by atoms with Gasteiger partial charge in [0, 0.05) is 12.6 Å². The Morgan fingerprint density at radius 1 is 1.00 bits per heavy atom. The molecule has 0 N–H and O–H groups in total. The smallest absolute Gasteiger partial charge is 0.327 e. The Morgan fingerprint density at radius 3 is 2.29 bits per heavy atom. The van der Waals surface area contributed by atoms with Crippen molar-refractivity contribution in [2.45, 2.75) is 13.1 Å². The van der Waals surface area contributed by atoms with Gasteiger partial charge in [-0.2, -0.15) is 13.2 Å². The van der Waals surface area contributed by atoms with Gasteiger partial charge < -0.3 is 4.57 Å². The first-order valence-electron chi connectivity index (χ1n) is 6.47. The summed E-state index contributed by atoms with van der Waals surface area (Å²) in [7, 11) is 1.80. The number of aromatic nitrogens is 2. The molecular formula is C16H13F3N2. The third-order valence-electron chi connectivity index (χ3n) is 3.52. The lowest BCUT2D eigenvalue weighted by Gasteiger charge is -2.06. The number of halogens is 3. The van der Waals surface area contributed by atoms with Crippen molar-refractivity contribution in [2.24, 2.45) is 7.05 Å². The van der Waals surface area contributed by atoms with Gasteiger partial charge in [-0.25, -0.2) is 4.98 Å². The largest absolute Gasteiger partial charge is 0.416 e. The minimum Gasteiger partial charge on any atom is -0.327 e. The van der Waals surface area contributed by atoms with Gasteiger partial charge in [0.15, 0.2) is 0 Å². The number of alkyl halides is 3. The van der Waals surface area contributed by atoms with Crippen LogP contribution in [-0.2, 0) is 13.2 Å². The predicted molar refractivity (Wildman–Crippen MR) is 75.9 cm³/mol. The molecule has 0 aliphatic carbocycles. The molecule has 0 amide bonds. The lowest BCUT2D eigenvalue weighted by Crippen LogP contribution is -2.04. The highest BCUT2D eigenvalue weighted by Crippen LogP contribution is 2.32. The van der Waals surface area contributed by atoms with Crippen molar-refractivity contribution in [3.05, 3.63) is 53.6 Å². The molecule has 108 valence electrons. The molecule has 5 heteroatoms. The van der Waals surface area contributed by atoms with Gasteiger partial charge in [0.2, 0.25) is 0 Å². The number of rotatable bonds is 1. The fraction of sp³-hybridized carbons (Fsp3) is 0.188. The summed E-state index contributed by atoms with van der Waals surface area (Å²) < 4.78 is 40.1. The lowest BCUT2D eigenvalue weighted by molar-refractivity contribution is -0.137. The zero-order valence-corrected chi connectivity index (χ0v) is 11.6. The van der Waals surface area contributed by atoms with Gasteiger partial charge in [-0.05, 0) is 25.1 Å². The molecular weight excluding hydrogens is 277 g/mol. The zero-order chi connectivity index (χ0) is 15.2. The Hall–Kier alpha value is -2.30. The normalized spacial score (nSPS) is 12.0. The van der Waals surface area contributed by atoms with Gasteiger partial charge >= 0.3 is 6.18 Å². The average molecular weight is 290 g/mol. The molecule has 21 heavy (non-hydrogen) atoms. The summed E-state index contributed by atoms with van der Waals surface area (Å²) >= 11 is 0. The zero-order valence-electron chi connectivity index (χ0n) is 11.6. The first kappa shape index (κ1) is 13.7. The van der Waals surface area contributed by atoms with E-state index >= 15 is 0 Å². The van der Waals surface area contributed by atoms with Crippen molar-refractivity contribution in [2.75, 3.05) is 0 Å². The Morgan fingerprint density at radius 2 is 1.67 bits per heavy atom. The second kappa shape index (κ2) is 4.62. The number of hydrogen-bond acceptors (Lipinski definition) is 1. The van der Waals surface area contributed by atoms with Crippen LogP contribution in [0.4, 0.5) is 13.2 Å². The van der Waals surface area contributed by atoms with E-state index in [2.05, 4.69) is 4.98 Å². The Labute approximate surface area is 119 Å². The maximum Gasteiger partial charge on any atom is 0.416 e. The molecule has 0 atom stereocenters. The molecule has 3 rings (SSSR count). The van der Waals surface area contributed by atoms with E-state index in [1.807, 2.05) is 31.2 Å². The minimum absolute atomic E-state index is 0.350. The third kappa shape index (κ3) is 2.39. The Balaban J connectivity index is 2.17. The SMILES string of the molecule is Cc1ccc(-c2nc3cc(C(F)(F)F)ccc3n2C)cc1. The van der Waals surface area contributed by atoms with E-state index in [4.69, 9.17) is 0 Å². The van der Waals surface area contributed by atoms with Crippen LogP contribution in [0, 0.1) is 6.92 Å². The third-order valence-corrected chi connectivity index (χ3v) is 3.52. The maximum absolute atomic E-state index is 12.8. The number of fused-ring (bicyclic) bond motifs is 1. The molecule has 0 aliphatic rings. The number of imidazole rings is 1. The van der Waals surface area contributed by atoms with E-state index in [1.54, 1.807) is 11.6 Å². The van der Waals surface area contributed by atoms with Gasteiger partial charge in [0.05, 0.1) is 16.6 Å². The molecule has 1 heterocycles. The summed E-state index contributed by atoms with van der Waals surface area (Å²) in [5.74, 6) is 0.657. The van der Waals surface area contributed by atoms with Crippen molar-refractivity contribution in [1.29, 1.82) is 0 Å². The summed E-state index contributed by atoms with van der Waals surface area (Å²) in [5, 5.41) is 0. The molecule has 2 aromatic carbocycles. The highest BCUT2D eigenvalue weighted by Gasteiger charge is 2.31. The van der Waals surface area contributed by atoms with Gasteiger partial charge in [-0.15, -0.1) is 0 Å². The van der Waals surface area contributed by atoms with Crippen molar-refractivity contribution in [3.8, 4) is 11.4 Å². The van der Waals surface area contributed by atoms with E-state index in [9.17, 15) is 13.2 Å². The highest BCUT2D eigenvalue weighted by atomic mass is 19.4. The van der Waals surface area contributed by atoms with Gasteiger partial charge in [-0.3, -0.25) is 0 Å². The van der Waals surface area contributed by atoms with Crippen LogP contribution in [0.2, 0.25) is 0 Å². The lowest BCUT2D eigenvalue weighted by atomic mass is 10.1. The van der Waals surface area contributed by atoms with Crippen molar-refractivity contribution in [1.82, 2.24) is 9.55 Å². The van der Waals surface area contributed by atoms with E-state index in [-0.39, 0.29) is 0 Å². The average Bonchev–Trinajstić information content (AvgIpc) is 2.76. The molecule has 3 aromatic rings. The van der Waals surface area contributed by atoms with Gasteiger partial charge in [-0.1, -0.05) is 29.8 Å². The van der Waals surface area contributed by atoms with Gasteiger partial charge in [0.25, 0.3) is 0 Å². The summed E-state index contributed by atoms with van der Waals surface area (Å²) in [5.41, 5.74) is 2.36. The van der Waals surface area contributed by atoms with E-state index in [0.29, 0.717) is 16.9 Å². The summed E-state index contributed by atoms with van der Waals surface area (Å²) in [6.45, 7) is 1.98. The fourth-order valence-electron chi connectivity index (χ4n) is 2.34. The van der Waals surface area contributed by atoms with E-state index in [1.165, 1.54) is 6.07 Å². The Bertz CT molecular complexity index is 799. The summed E-state index contributed by atoms with van der Waals surface area (Å²) in [6, 6.07) is 11.4. The molecule has 0 bridgehead atoms.